The van der Waals surface area contributed by atoms with Crippen LogP contribution < -0.4 is 5.32 Å². The van der Waals surface area contributed by atoms with Gasteiger partial charge < -0.3 is 10.1 Å². The summed E-state index contributed by atoms with van der Waals surface area (Å²) in [5.41, 5.74) is 1.03. The molecule has 0 amide bonds. The van der Waals surface area contributed by atoms with Gasteiger partial charge in [-0.05, 0) is 42.1 Å². The van der Waals surface area contributed by atoms with Gasteiger partial charge in [0.1, 0.15) is 11.9 Å². The number of nitrogens with zero attached hydrogens (tertiary/aromatic N) is 2. The minimum absolute atomic E-state index is 0.0343. The fraction of sp³-hybridized carbons (Fsp3) is 0.714. The lowest BCUT2D eigenvalue weighted by Crippen LogP contribution is -2.13. The van der Waals surface area contributed by atoms with Gasteiger partial charge in [0.2, 0.25) is 0 Å². The van der Waals surface area contributed by atoms with Crippen molar-refractivity contribution in [3.8, 4) is 0 Å². The van der Waals surface area contributed by atoms with Crippen molar-refractivity contribution in [1.29, 1.82) is 0 Å². The van der Waals surface area contributed by atoms with Crippen LogP contribution in [0.25, 0.3) is 0 Å². The average molecular weight is 330 g/mol. The van der Waals surface area contributed by atoms with Gasteiger partial charge in [0.05, 0.1) is 10.2 Å². The van der Waals surface area contributed by atoms with E-state index in [1.165, 1.54) is 0 Å². The molecule has 0 radical (unpaired) electrons. The molecule has 19 heavy (non-hydrogen) atoms. The van der Waals surface area contributed by atoms with E-state index in [0.29, 0.717) is 12.5 Å². The van der Waals surface area contributed by atoms with Gasteiger partial charge in [0.15, 0.2) is 5.82 Å². The summed E-state index contributed by atoms with van der Waals surface area (Å²) >= 11 is 3.60. The van der Waals surface area contributed by atoms with Crippen LogP contribution in [0.2, 0.25) is 0 Å². The molecule has 0 saturated carbocycles. The van der Waals surface area contributed by atoms with Crippen LogP contribution in [0.5, 0.6) is 0 Å². The molecule has 1 unspecified atom stereocenters. The Morgan fingerprint density at radius 3 is 2.37 bits per heavy atom. The van der Waals surface area contributed by atoms with Crippen molar-refractivity contribution in [1.82, 2.24) is 9.97 Å². The molecular weight excluding hydrogens is 306 g/mol. The third kappa shape index (κ3) is 4.14. The fourth-order valence-corrected chi connectivity index (χ4v) is 2.65. The Labute approximate surface area is 124 Å². The highest BCUT2D eigenvalue weighted by Gasteiger charge is 2.19. The molecule has 0 aliphatic carbocycles. The zero-order valence-electron chi connectivity index (χ0n) is 12.5. The molecule has 1 rings (SSSR count). The smallest absolute Gasteiger partial charge is 0.159 e. The summed E-state index contributed by atoms with van der Waals surface area (Å²) in [6, 6.07) is 0. The zero-order valence-corrected chi connectivity index (χ0v) is 14.0. The summed E-state index contributed by atoms with van der Waals surface area (Å²) in [4.78, 5) is 9.28. The summed E-state index contributed by atoms with van der Waals surface area (Å²) in [6.07, 6.45) is 0.839. The molecule has 1 atom stereocenters. The van der Waals surface area contributed by atoms with Crippen LogP contribution in [0.15, 0.2) is 4.47 Å². The Morgan fingerprint density at radius 2 is 1.89 bits per heavy atom. The first kappa shape index (κ1) is 16.4. The molecule has 0 aliphatic heterocycles. The molecule has 0 saturated heterocycles. The van der Waals surface area contributed by atoms with Gasteiger partial charge >= 0.3 is 0 Å². The monoisotopic (exact) mass is 329 g/mol. The maximum absolute atomic E-state index is 5.72. The first-order chi connectivity index (χ1) is 9.04. The second-order valence-corrected chi connectivity index (χ2v) is 5.46. The van der Waals surface area contributed by atoms with Crippen molar-refractivity contribution in [3.05, 3.63) is 16.0 Å². The lowest BCUT2D eigenvalue weighted by Gasteiger charge is -2.19. The maximum atomic E-state index is 5.72. The Bertz CT molecular complexity index is 410. The highest BCUT2D eigenvalue weighted by molar-refractivity contribution is 9.10. The summed E-state index contributed by atoms with van der Waals surface area (Å²) < 4.78 is 6.67. The predicted octanol–water partition coefficient (Wildman–Crippen LogP) is 4.28. The molecule has 4 nitrogen and oxygen atoms in total. The van der Waals surface area contributed by atoms with Crippen LogP contribution in [0.1, 0.15) is 64.6 Å². The number of hydrogen-bond donors (Lipinski definition) is 1. The van der Waals surface area contributed by atoms with Crippen LogP contribution in [0.4, 0.5) is 5.82 Å². The van der Waals surface area contributed by atoms with Crippen molar-refractivity contribution in [2.45, 2.75) is 53.1 Å². The lowest BCUT2D eigenvalue weighted by molar-refractivity contribution is 0.0533. The van der Waals surface area contributed by atoms with E-state index in [-0.39, 0.29) is 6.10 Å². The number of anilines is 1. The van der Waals surface area contributed by atoms with Gasteiger partial charge in [-0.3, -0.25) is 0 Å². The number of rotatable bonds is 7. The number of halogens is 1. The Morgan fingerprint density at radius 1 is 1.21 bits per heavy atom. The lowest BCUT2D eigenvalue weighted by atomic mass is 10.1. The summed E-state index contributed by atoms with van der Waals surface area (Å²) in [6.45, 7) is 11.9. The third-order valence-electron chi connectivity index (χ3n) is 2.81. The average Bonchev–Trinajstić information content (AvgIpc) is 2.38. The van der Waals surface area contributed by atoms with E-state index in [1.54, 1.807) is 0 Å². The van der Waals surface area contributed by atoms with E-state index >= 15 is 0 Å². The molecule has 0 spiro atoms. The summed E-state index contributed by atoms with van der Waals surface area (Å²) in [7, 11) is 0. The number of nitrogens with one attached hydrogen (secondary N) is 1. The molecule has 0 fully saturated rings. The Balaban J connectivity index is 3.24. The van der Waals surface area contributed by atoms with Crippen molar-refractivity contribution < 1.29 is 4.74 Å². The van der Waals surface area contributed by atoms with Gasteiger partial charge in [-0.25, -0.2) is 9.97 Å². The van der Waals surface area contributed by atoms with Gasteiger partial charge in [-0.1, -0.05) is 20.8 Å². The quantitative estimate of drug-likeness (QED) is 0.810. The molecule has 1 aromatic heterocycles. The van der Waals surface area contributed by atoms with Crippen LogP contribution in [-0.2, 0) is 4.74 Å². The number of aromatic nitrogens is 2. The minimum Gasteiger partial charge on any atom is -0.371 e. The first-order valence-electron chi connectivity index (χ1n) is 6.97. The van der Waals surface area contributed by atoms with Gasteiger partial charge in [0.25, 0.3) is 0 Å². The standard InChI is InChI=1S/C14H24BrN3O/c1-6-10(19-8-3)13-17-12(9(4)5)11(15)14(18-13)16-7-2/h9-10H,6-8H2,1-5H3,(H,16,17,18). The van der Waals surface area contributed by atoms with Crippen LogP contribution in [-0.4, -0.2) is 23.1 Å². The van der Waals surface area contributed by atoms with E-state index in [2.05, 4.69) is 58.9 Å². The minimum atomic E-state index is -0.0343. The van der Waals surface area contributed by atoms with Crippen molar-refractivity contribution in [2.24, 2.45) is 0 Å². The molecule has 5 heteroatoms. The van der Waals surface area contributed by atoms with Crippen LogP contribution in [0.3, 0.4) is 0 Å². The first-order valence-corrected chi connectivity index (χ1v) is 7.77. The normalized spacial score (nSPS) is 12.8. The molecule has 108 valence electrons. The summed E-state index contributed by atoms with van der Waals surface area (Å²) in [5.74, 6) is 1.97. The fourth-order valence-electron chi connectivity index (χ4n) is 1.87. The van der Waals surface area contributed by atoms with E-state index in [4.69, 9.17) is 4.74 Å². The predicted molar refractivity (Wildman–Crippen MR) is 82.6 cm³/mol. The van der Waals surface area contributed by atoms with Gasteiger partial charge in [0, 0.05) is 13.2 Å². The molecule has 1 N–H and O–H groups in total. The SMILES string of the molecule is CCNc1nc(C(CC)OCC)nc(C(C)C)c1Br. The van der Waals surface area contributed by atoms with Crippen molar-refractivity contribution in [3.63, 3.8) is 0 Å². The molecule has 0 aromatic carbocycles. The summed E-state index contributed by atoms with van der Waals surface area (Å²) in [5, 5.41) is 3.28. The topological polar surface area (TPSA) is 47.0 Å². The van der Waals surface area contributed by atoms with E-state index in [9.17, 15) is 0 Å². The second-order valence-electron chi connectivity index (χ2n) is 4.67. The molecule has 0 bridgehead atoms. The highest BCUT2D eigenvalue weighted by Crippen LogP contribution is 2.31. The largest absolute Gasteiger partial charge is 0.371 e. The van der Waals surface area contributed by atoms with Gasteiger partial charge in [-0.2, -0.15) is 0 Å². The van der Waals surface area contributed by atoms with Crippen LogP contribution in [0, 0.1) is 0 Å². The number of ether oxygens (including phenoxy) is 1. The number of hydrogen-bond acceptors (Lipinski definition) is 4. The van der Waals surface area contributed by atoms with E-state index in [0.717, 1.165) is 34.8 Å². The zero-order chi connectivity index (χ0) is 14.4. The van der Waals surface area contributed by atoms with Crippen molar-refractivity contribution in [2.75, 3.05) is 18.5 Å². The molecule has 1 aromatic rings. The Hall–Kier alpha value is -0.680. The Kier molecular flexibility index (Phi) is 6.72. The van der Waals surface area contributed by atoms with E-state index < -0.39 is 0 Å². The van der Waals surface area contributed by atoms with Gasteiger partial charge in [-0.15, -0.1) is 0 Å². The van der Waals surface area contributed by atoms with Crippen molar-refractivity contribution >= 4 is 21.7 Å². The molecule has 0 aliphatic rings. The highest BCUT2D eigenvalue weighted by atomic mass is 79.9. The van der Waals surface area contributed by atoms with E-state index in [1.807, 2.05) is 6.92 Å². The molecular formula is C14H24BrN3O. The maximum Gasteiger partial charge on any atom is 0.159 e. The van der Waals surface area contributed by atoms with Crippen LogP contribution >= 0.6 is 15.9 Å². The third-order valence-corrected chi connectivity index (χ3v) is 3.59. The second kappa shape index (κ2) is 7.80. The molecule has 1 heterocycles.